The van der Waals surface area contributed by atoms with Crippen LogP contribution in [0.5, 0.6) is 0 Å². The van der Waals surface area contributed by atoms with E-state index in [0.717, 1.165) is 0 Å². The van der Waals surface area contributed by atoms with Crippen LogP contribution in [0.3, 0.4) is 0 Å². The SMILES string of the molecule is COC(CC1OCC(C)O1)OC. The van der Waals surface area contributed by atoms with Crippen LogP contribution < -0.4 is 0 Å². The van der Waals surface area contributed by atoms with Crippen LogP contribution in [-0.2, 0) is 18.9 Å². The molecule has 2 atom stereocenters. The molecule has 0 aromatic carbocycles. The number of ether oxygens (including phenoxy) is 4. The van der Waals surface area contributed by atoms with Crippen LogP contribution in [0.1, 0.15) is 13.3 Å². The number of hydrogen-bond acceptors (Lipinski definition) is 4. The molecule has 4 heteroatoms. The summed E-state index contributed by atoms with van der Waals surface area (Å²) in [7, 11) is 3.21. The minimum Gasteiger partial charge on any atom is -0.356 e. The Kier molecular flexibility index (Phi) is 3.94. The van der Waals surface area contributed by atoms with Gasteiger partial charge in [0.15, 0.2) is 12.6 Å². The quantitative estimate of drug-likeness (QED) is 0.592. The number of hydrogen-bond donors (Lipinski definition) is 0. The van der Waals surface area contributed by atoms with Crippen molar-refractivity contribution in [3.63, 3.8) is 0 Å². The van der Waals surface area contributed by atoms with Gasteiger partial charge in [0.25, 0.3) is 0 Å². The lowest BCUT2D eigenvalue weighted by atomic mass is 10.4. The summed E-state index contributed by atoms with van der Waals surface area (Å²) >= 11 is 0. The van der Waals surface area contributed by atoms with Crippen LogP contribution in [0.4, 0.5) is 0 Å². The van der Waals surface area contributed by atoms with Crippen LogP contribution in [0.2, 0.25) is 0 Å². The average molecular weight is 176 g/mol. The predicted octanol–water partition coefficient (Wildman–Crippen LogP) is 0.757. The molecule has 1 heterocycles. The standard InChI is InChI=1S/C8H16O4/c1-6-5-11-8(12-6)4-7(9-2)10-3/h6-8H,4-5H2,1-3H3. The summed E-state index contributed by atoms with van der Waals surface area (Å²) in [5, 5.41) is 0. The zero-order valence-corrected chi connectivity index (χ0v) is 7.78. The van der Waals surface area contributed by atoms with Gasteiger partial charge in [-0.25, -0.2) is 0 Å². The Labute approximate surface area is 72.7 Å². The highest BCUT2D eigenvalue weighted by molar-refractivity contribution is 4.61. The maximum Gasteiger partial charge on any atom is 0.163 e. The van der Waals surface area contributed by atoms with Gasteiger partial charge >= 0.3 is 0 Å². The van der Waals surface area contributed by atoms with E-state index in [1.807, 2.05) is 6.92 Å². The summed E-state index contributed by atoms with van der Waals surface area (Å²) in [5.74, 6) is 0. The van der Waals surface area contributed by atoms with Crippen LogP contribution >= 0.6 is 0 Å². The smallest absolute Gasteiger partial charge is 0.163 e. The second kappa shape index (κ2) is 4.77. The Balaban J connectivity index is 2.21. The van der Waals surface area contributed by atoms with Crippen LogP contribution in [0, 0.1) is 0 Å². The predicted molar refractivity (Wildman–Crippen MR) is 42.7 cm³/mol. The normalized spacial score (nSPS) is 30.0. The van der Waals surface area contributed by atoms with E-state index >= 15 is 0 Å². The van der Waals surface area contributed by atoms with E-state index in [9.17, 15) is 0 Å². The zero-order valence-electron chi connectivity index (χ0n) is 7.78. The molecule has 1 saturated heterocycles. The molecule has 0 bridgehead atoms. The maximum absolute atomic E-state index is 5.41. The minimum absolute atomic E-state index is 0.176. The fourth-order valence-corrected chi connectivity index (χ4v) is 1.15. The third-order valence-electron chi connectivity index (χ3n) is 1.81. The molecule has 2 unspecified atom stereocenters. The maximum atomic E-state index is 5.41. The van der Waals surface area contributed by atoms with Crippen molar-refractivity contribution in [1.82, 2.24) is 0 Å². The molecule has 0 N–H and O–H groups in total. The van der Waals surface area contributed by atoms with Gasteiger partial charge in [-0.2, -0.15) is 0 Å². The molecule has 0 saturated carbocycles. The van der Waals surface area contributed by atoms with Gasteiger partial charge < -0.3 is 18.9 Å². The average Bonchev–Trinajstić information content (AvgIpc) is 2.47. The third-order valence-corrected chi connectivity index (χ3v) is 1.81. The van der Waals surface area contributed by atoms with Gasteiger partial charge in [-0.1, -0.05) is 0 Å². The lowest BCUT2D eigenvalue weighted by molar-refractivity contribution is -0.160. The molecule has 1 fully saturated rings. The summed E-state index contributed by atoms with van der Waals surface area (Å²) in [4.78, 5) is 0. The van der Waals surface area contributed by atoms with Gasteiger partial charge in [0, 0.05) is 20.6 Å². The van der Waals surface area contributed by atoms with Gasteiger partial charge in [0.05, 0.1) is 12.7 Å². The van der Waals surface area contributed by atoms with Crippen LogP contribution in [0.25, 0.3) is 0 Å². The van der Waals surface area contributed by atoms with E-state index in [-0.39, 0.29) is 18.7 Å². The Morgan fingerprint density at radius 3 is 2.50 bits per heavy atom. The lowest BCUT2D eigenvalue weighted by Crippen LogP contribution is -2.22. The Hall–Kier alpha value is -0.160. The van der Waals surface area contributed by atoms with Crippen molar-refractivity contribution in [3.05, 3.63) is 0 Å². The molecular weight excluding hydrogens is 160 g/mol. The highest BCUT2D eigenvalue weighted by Gasteiger charge is 2.25. The third kappa shape index (κ3) is 2.71. The lowest BCUT2D eigenvalue weighted by Gasteiger charge is -2.16. The van der Waals surface area contributed by atoms with Gasteiger partial charge in [-0.15, -0.1) is 0 Å². The number of methoxy groups -OCH3 is 2. The summed E-state index contributed by atoms with van der Waals surface area (Å²) in [6, 6.07) is 0. The molecule has 12 heavy (non-hydrogen) atoms. The molecule has 0 aromatic heterocycles. The summed E-state index contributed by atoms with van der Waals surface area (Å²) in [6.07, 6.45) is 0.395. The fraction of sp³-hybridized carbons (Fsp3) is 1.00. The molecule has 0 radical (unpaired) electrons. The highest BCUT2D eigenvalue weighted by Crippen LogP contribution is 2.16. The first-order chi connectivity index (χ1) is 5.76. The van der Waals surface area contributed by atoms with Crippen molar-refractivity contribution in [1.29, 1.82) is 0 Å². The fourth-order valence-electron chi connectivity index (χ4n) is 1.15. The van der Waals surface area contributed by atoms with E-state index in [4.69, 9.17) is 18.9 Å². The van der Waals surface area contributed by atoms with Crippen molar-refractivity contribution in [3.8, 4) is 0 Å². The second-order valence-electron chi connectivity index (χ2n) is 2.85. The van der Waals surface area contributed by atoms with Gasteiger partial charge in [0.1, 0.15) is 0 Å². The summed E-state index contributed by atoms with van der Waals surface area (Å²) in [6.45, 7) is 2.64. The van der Waals surface area contributed by atoms with E-state index in [1.54, 1.807) is 14.2 Å². The largest absolute Gasteiger partial charge is 0.356 e. The molecule has 1 rings (SSSR count). The van der Waals surface area contributed by atoms with E-state index in [0.29, 0.717) is 13.0 Å². The summed E-state index contributed by atoms with van der Waals surface area (Å²) in [5.41, 5.74) is 0. The van der Waals surface area contributed by atoms with E-state index in [2.05, 4.69) is 0 Å². The van der Waals surface area contributed by atoms with Gasteiger partial charge in [-0.05, 0) is 6.92 Å². The monoisotopic (exact) mass is 176 g/mol. The molecule has 0 spiro atoms. The molecule has 1 aliphatic rings. The topological polar surface area (TPSA) is 36.9 Å². The molecule has 0 amide bonds. The Bertz CT molecular complexity index is 124. The van der Waals surface area contributed by atoms with Crippen molar-refractivity contribution >= 4 is 0 Å². The van der Waals surface area contributed by atoms with Crippen LogP contribution in [-0.4, -0.2) is 39.5 Å². The molecule has 1 aliphatic heterocycles. The first kappa shape index (κ1) is 9.92. The zero-order chi connectivity index (χ0) is 8.97. The second-order valence-corrected chi connectivity index (χ2v) is 2.85. The molecule has 0 aromatic rings. The molecular formula is C8H16O4. The molecule has 4 nitrogen and oxygen atoms in total. The summed E-state index contributed by atoms with van der Waals surface area (Å²) < 4.78 is 20.8. The van der Waals surface area contributed by atoms with Crippen LogP contribution in [0.15, 0.2) is 0 Å². The van der Waals surface area contributed by atoms with E-state index < -0.39 is 0 Å². The minimum atomic E-state index is -0.236. The van der Waals surface area contributed by atoms with Gasteiger partial charge in [-0.3, -0.25) is 0 Å². The van der Waals surface area contributed by atoms with E-state index in [1.165, 1.54) is 0 Å². The first-order valence-corrected chi connectivity index (χ1v) is 4.09. The van der Waals surface area contributed by atoms with Gasteiger partial charge in [0.2, 0.25) is 0 Å². The van der Waals surface area contributed by atoms with Crippen molar-refractivity contribution < 1.29 is 18.9 Å². The van der Waals surface area contributed by atoms with Crippen molar-refractivity contribution in [2.24, 2.45) is 0 Å². The molecule has 0 aliphatic carbocycles. The first-order valence-electron chi connectivity index (χ1n) is 4.09. The number of rotatable bonds is 4. The Morgan fingerprint density at radius 1 is 1.42 bits per heavy atom. The van der Waals surface area contributed by atoms with Crippen molar-refractivity contribution in [2.75, 3.05) is 20.8 Å². The van der Waals surface area contributed by atoms with Crippen molar-refractivity contribution in [2.45, 2.75) is 32.0 Å². The molecule has 72 valence electrons. The highest BCUT2D eigenvalue weighted by atomic mass is 16.7. The Morgan fingerprint density at radius 2 is 2.08 bits per heavy atom.